The number of benzene rings is 3. The van der Waals surface area contributed by atoms with Crippen molar-refractivity contribution in [1.82, 2.24) is 0 Å². The van der Waals surface area contributed by atoms with E-state index in [0.29, 0.717) is 5.56 Å². The van der Waals surface area contributed by atoms with E-state index in [2.05, 4.69) is 19.1 Å². The number of hydrogen-bond donors (Lipinski definition) is 1. The molecule has 1 unspecified atom stereocenters. The Morgan fingerprint density at radius 3 is 2.54 bits per heavy atom. The third-order valence-corrected chi connectivity index (χ3v) is 4.38. The van der Waals surface area contributed by atoms with Crippen LogP contribution in [0.3, 0.4) is 0 Å². The molecule has 0 aliphatic heterocycles. The Labute approximate surface area is 141 Å². The molecule has 2 N–H and O–H groups in total. The zero-order valence-electron chi connectivity index (χ0n) is 13.8. The second kappa shape index (κ2) is 6.43. The van der Waals surface area contributed by atoms with Crippen LogP contribution in [0.2, 0.25) is 0 Å². The minimum Gasteiger partial charge on any atom is -0.324 e. The molecule has 0 spiro atoms. The summed E-state index contributed by atoms with van der Waals surface area (Å²) in [6, 6.07) is 16.4. The van der Waals surface area contributed by atoms with E-state index in [-0.39, 0.29) is 11.9 Å². The number of nitrogens with zero attached hydrogens (tertiary/aromatic N) is 1. The van der Waals surface area contributed by atoms with Gasteiger partial charge in [-0.1, -0.05) is 37.3 Å². The van der Waals surface area contributed by atoms with Crippen molar-refractivity contribution >= 4 is 10.8 Å². The Balaban J connectivity index is 2.54. The molecule has 0 aromatic heterocycles. The lowest BCUT2D eigenvalue weighted by atomic mass is 9.85. The van der Waals surface area contributed by atoms with E-state index in [9.17, 15) is 9.65 Å². The van der Waals surface area contributed by atoms with Crippen LogP contribution in [0.15, 0.2) is 48.5 Å². The molecule has 1 atom stereocenters. The van der Waals surface area contributed by atoms with E-state index < -0.39 is 0 Å². The highest BCUT2D eigenvalue weighted by atomic mass is 19.1. The first-order chi connectivity index (χ1) is 11.6. The normalized spacial score (nSPS) is 12.1. The minimum absolute atomic E-state index is 0.260. The maximum atomic E-state index is 13.8. The standard InChI is InChI=1S/C21H19FN2/c1-3-14-6-5-9-18-16(12-23)11-19(13(2)24)21(20(14)18)15-7-4-8-17(22)10-15/h4-11,13H,3,24H2,1-2H3. The fourth-order valence-corrected chi connectivity index (χ4v) is 3.27. The minimum atomic E-state index is -0.283. The van der Waals surface area contributed by atoms with E-state index >= 15 is 0 Å². The topological polar surface area (TPSA) is 49.8 Å². The van der Waals surface area contributed by atoms with Gasteiger partial charge in [-0.3, -0.25) is 0 Å². The largest absolute Gasteiger partial charge is 0.324 e. The molecule has 3 aromatic carbocycles. The van der Waals surface area contributed by atoms with Crippen molar-refractivity contribution in [3.8, 4) is 17.2 Å². The average Bonchev–Trinajstić information content (AvgIpc) is 2.59. The van der Waals surface area contributed by atoms with E-state index in [1.807, 2.05) is 31.2 Å². The molecule has 0 heterocycles. The van der Waals surface area contributed by atoms with Crippen LogP contribution in [0.4, 0.5) is 4.39 Å². The first kappa shape index (κ1) is 16.2. The van der Waals surface area contributed by atoms with Gasteiger partial charge in [0.1, 0.15) is 5.82 Å². The number of aryl methyl sites for hydroxylation is 1. The lowest BCUT2D eigenvalue weighted by Crippen LogP contribution is -2.08. The lowest BCUT2D eigenvalue weighted by molar-refractivity contribution is 0.628. The van der Waals surface area contributed by atoms with Gasteiger partial charge < -0.3 is 5.73 Å². The zero-order chi connectivity index (χ0) is 17.3. The molecular weight excluding hydrogens is 299 g/mol. The highest BCUT2D eigenvalue weighted by Gasteiger charge is 2.18. The fourth-order valence-electron chi connectivity index (χ4n) is 3.27. The predicted molar refractivity (Wildman–Crippen MR) is 96.0 cm³/mol. The molecule has 0 bridgehead atoms. The summed E-state index contributed by atoms with van der Waals surface area (Å²) >= 11 is 0. The number of halogens is 1. The summed E-state index contributed by atoms with van der Waals surface area (Å²) in [5.41, 5.74) is 10.5. The van der Waals surface area contributed by atoms with Crippen LogP contribution >= 0.6 is 0 Å². The molecule has 0 radical (unpaired) electrons. The maximum absolute atomic E-state index is 13.8. The zero-order valence-corrected chi connectivity index (χ0v) is 13.8. The van der Waals surface area contributed by atoms with Crippen LogP contribution in [0, 0.1) is 17.1 Å². The van der Waals surface area contributed by atoms with Gasteiger partial charge in [0.15, 0.2) is 0 Å². The molecule has 0 amide bonds. The van der Waals surface area contributed by atoms with Crippen molar-refractivity contribution in [2.45, 2.75) is 26.3 Å². The predicted octanol–water partition coefficient (Wildman–Crippen LogP) is 5.10. The number of nitriles is 1. The van der Waals surface area contributed by atoms with Gasteiger partial charge in [0, 0.05) is 11.4 Å². The quantitative estimate of drug-likeness (QED) is 0.730. The van der Waals surface area contributed by atoms with Crippen molar-refractivity contribution in [2.24, 2.45) is 5.73 Å². The molecule has 120 valence electrons. The SMILES string of the molecule is CCc1cccc2c(C#N)cc(C(C)N)c(-c3cccc(F)c3)c12. The highest BCUT2D eigenvalue weighted by molar-refractivity contribution is 6.03. The molecule has 3 aromatic rings. The molecule has 3 heteroatoms. The van der Waals surface area contributed by atoms with Gasteiger partial charge in [-0.15, -0.1) is 0 Å². The van der Waals surface area contributed by atoms with Crippen LogP contribution in [0.1, 0.15) is 36.6 Å². The van der Waals surface area contributed by atoms with Crippen LogP contribution in [0.25, 0.3) is 21.9 Å². The van der Waals surface area contributed by atoms with Gasteiger partial charge in [-0.2, -0.15) is 5.26 Å². The summed E-state index contributed by atoms with van der Waals surface area (Å²) in [6.45, 7) is 3.97. The van der Waals surface area contributed by atoms with Crippen LogP contribution < -0.4 is 5.73 Å². The third kappa shape index (κ3) is 2.66. The third-order valence-electron chi connectivity index (χ3n) is 4.38. The molecule has 2 nitrogen and oxygen atoms in total. The van der Waals surface area contributed by atoms with E-state index in [1.165, 1.54) is 12.1 Å². The van der Waals surface area contributed by atoms with E-state index in [4.69, 9.17) is 5.73 Å². The maximum Gasteiger partial charge on any atom is 0.123 e. The van der Waals surface area contributed by atoms with Gasteiger partial charge in [0.2, 0.25) is 0 Å². The number of hydrogen-bond acceptors (Lipinski definition) is 2. The summed E-state index contributed by atoms with van der Waals surface area (Å²) in [5, 5.41) is 11.4. The van der Waals surface area contributed by atoms with E-state index in [1.54, 1.807) is 6.07 Å². The summed E-state index contributed by atoms with van der Waals surface area (Å²) in [4.78, 5) is 0. The van der Waals surface area contributed by atoms with Crippen molar-refractivity contribution in [3.63, 3.8) is 0 Å². The first-order valence-electron chi connectivity index (χ1n) is 8.07. The molecule has 3 rings (SSSR count). The van der Waals surface area contributed by atoms with Crippen LogP contribution in [-0.2, 0) is 6.42 Å². The number of nitrogens with two attached hydrogens (primary N) is 1. The Hall–Kier alpha value is -2.70. The molecule has 0 saturated carbocycles. The number of rotatable bonds is 3. The molecule has 24 heavy (non-hydrogen) atoms. The van der Waals surface area contributed by atoms with Gasteiger partial charge in [-0.25, -0.2) is 4.39 Å². The van der Waals surface area contributed by atoms with Crippen LogP contribution in [0.5, 0.6) is 0 Å². The van der Waals surface area contributed by atoms with E-state index in [0.717, 1.165) is 39.4 Å². The molecule has 0 fully saturated rings. The smallest absolute Gasteiger partial charge is 0.123 e. The molecule has 0 aliphatic carbocycles. The summed E-state index contributed by atoms with van der Waals surface area (Å²) in [5.74, 6) is -0.283. The lowest BCUT2D eigenvalue weighted by Gasteiger charge is -2.19. The second-order valence-corrected chi connectivity index (χ2v) is 5.99. The first-order valence-corrected chi connectivity index (χ1v) is 8.07. The monoisotopic (exact) mass is 318 g/mol. The van der Waals surface area contributed by atoms with Gasteiger partial charge in [0.25, 0.3) is 0 Å². The Morgan fingerprint density at radius 2 is 1.92 bits per heavy atom. The Morgan fingerprint density at radius 1 is 1.17 bits per heavy atom. The highest BCUT2D eigenvalue weighted by Crippen LogP contribution is 2.38. The van der Waals surface area contributed by atoms with Crippen molar-refractivity contribution in [1.29, 1.82) is 5.26 Å². The Bertz CT molecular complexity index is 952. The summed E-state index contributed by atoms with van der Waals surface area (Å²) in [6.07, 6.45) is 0.826. The average molecular weight is 318 g/mol. The van der Waals surface area contributed by atoms with Crippen molar-refractivity contribution in [3.05, 3.63) is 71.0 Å². The Kier molecular flexibility index (Phi) is 4.33. The molecular formula is C21H19FN2. The van der Waals surface area contributed by atoms with Gasteiger partial charge in [0.05, 0.1) is 11.6 Å². The summed E-state index contributed by atoms with van der Waals surface area (Å²) in [7, 11) is 0. The van der Waals surface area contributed by atoms with Crippen LogP contribution in [-0.4, -0.2) is 0 Å². The van der Waals surface area contributed by atoms with Gasteiger partial charge in [-0.05, 0) is 59.2 Å². The van der Waals surface area contributed by atoms with Crippen molar-refractivity contribution < 1.29 is 4.39 Å². The summed E-state index contributed by atoms with van der Waals surface area (Å²) < 4.78 is 13.8. The molecule has 0 aliphatic rings. The number of fused-ring (bicyclic) bond motifs is 1. The second-order valence-electron chi connectivity index (χ2n) is 5.99. The van der Waals surface area contributed by atoms with Crippen molar-refractivity contribution in [2.75, 3.05) is 0 Å². The van der Waals surface area contributed by atoms with Gasteiger partial charge >= 0.3 is 0 Å². The fraction of sp³-hybridized carbons (Fsp3) is 0.190. The molecule has 0 saturated heterocycles.